The molecule has 0 spiro atoms. The van der Waals surface area contributed by atoms with Crippen LogP contribution in [0, 0.1) is 15.4 Å². The summed E-state index contributed by atoms with van der Waals surface area (Å²) in [7, 11) is 1.69. The third kappa shape index (κ3) is 3.62. The van der Waals surface area contributed by atoms with Gasteiger partial charge in [-0.2, -0.15) is 0 Å². The quantitative estimate of drug-likeness (QED) is 0.352. The Balaban J connectivity index is 1.88. The first-order valence-corrected chi connectivity index (χ1v) is 8.63. The molecular weight excluding hydrogens is 359 g/mol. The molecule has 0 atom stereocenters. The SMILES string of the molecule is Cn1ccc(C(=O)c2ccc(Cc3ccc(F)cc3)s2)c(N=O)c1=S. The van der Waals surface area contributed by atoms with Gasteiger partial charge in [-0.15, -0.1) is 16.2 Å². The van der Waals surface area contributed by atoms with E-state index in [4.69, 9.17) is 12.2 Å². The average molecular weight is 372 g/mol. The van der Waals surface area contributed by atoms with E-state index in [1.54, 1.807) is 42.1 Å². The highest BCUT2D eigenvalue weighted by Crippen LogP contribution is 2.27. The van der Waals surface area contributed by atoms with Crippen molar-refractivity contribution in [3.8, 4) is 0 Å². The van der Waals surface area contributed by atoms with Crippen molar-refractivity contribution in [3.05, 3.63) is 84.9 Å². The van der Waals surface area contributed by atoms with Gasteiger partial charge >= 0.3 is 0 Å². The Morgan fingerprint density at radius 3 is 2.60 bits per heavy atom. The fraction of sp³-hybridized carbons (Fsp3) is 0.111. The van der Waals surface area contributed by atoms with Crippen molar-refractivity contribution in [2.24, 2.45) is 12.2 Å². The van der Waals surface area contributed by atoms with Gasteiger partial charge < -0.3 is 4.57 Å². The Hall–Kier alpha value is -2.51. The number of nitroso groups, excluding NO2 is 1. The number of carbonyl (C=O) groups is 1. The van der Waals surface area contributed by atoms with Crippen molar-refractivity contribution < 1.29 is 9.18 Å². The van der Waals surface area contributed by atoms with E-state index in [-0.39, 0.29) is 27.5 Å². The minimum atomic E-state index is -0.281. The van der Waals surface area contributed by atoms with Gasteiger partial charge in [0, 0.05) is 24.5 Å². The standard InChI is InChI=1S/C18H13FN2O2S2/c1-21-9-8-14(16(20-23)18(21)24)17(22)15-7-6-13(25-15)10-11-2-4-12(19)5-3-11/h2-9H,10H2,1H3. The van der Waals surface area contributed by atoms with Gasteiger partial charge in [0.05, 0.1) is 10.4 Å². The summed E-state index contributed by atoms with van der Waals surface area (Å²) in [4.78, 5) is 25.3. The highest BCUT2D eigenvalue weighted by atomic mass is 32.1. The lowest BCUT2D eigenvalue weighted by molar-refractivity contribution is 0.104. The maximum absolute atomic E-state index is 13.0. The highest BCUT2D eigenvalue weighted by molar-refractivity contribution is 7.71. The monoisotopic (exact) mass is 372 g/mol. The van der Waals surface area contributed by atoms with Crippen LogP contribution < -0.4 is 0 Å². The number of thiophene rings is 1. The molecule has 1 aromatic carbocycles. The number of carbonyl (C=O) groups excluding carboxylic acids is 1. The fourth-order valence-corrected chi connectivity index (χ4v) is 3.62. The molecule has 0 bridgehead atoms. The molecule has 0 saturated heterocycles. The number of aryl methyl sites for hydroxylation is 1. The molecule has 0 fully saturated rings. The van der Waals surface area contributed by atoms with Crippen LogP contribution in [0.15, 0.2) is 53.8 Å². The van der Waals surface area contributed by atoms with Gasteiger partial charge in [0.15, 0.2) is 5.69 Å². The van der Waals surface area contributed by atoms with E-state index in [2.05, 4.69) is 5.18 Å². The lowest BCUT2D eigenvalue weighted by Crippen LogP contribution is -2.02. The number of halogens is 1. The third-order valence-corrected chi connectivity index (χ3v) is 5.32. The van der Waals surface area contributed by atoms with Crippen LogP contribution in [0.2, 0.25) is 0 Å². The van der Waals surface area contributed by atoms with Crippen molar-refractivity contribution in [3.63, 3.8) is 0 Å². The molecule has 4 nitrogen and oxygen atoms in total. The smallest absolute Gasteiger partial charge is 0.205 e. The van der Waals surface area contributed by atoms with Crippen LogP contribution in [0.1, 0.15) is 25.7 Å². The lowest BCUT2D eigenvalue weighted by Gasteiger charge is -2.05. The Morgan fingerprint density at radius 1 is 1.20 bits per heavy atom. The molecule has 25 heavy (non-hydrogen) atoms. The molecule has 0 unspecified atom stereocenters. The number of benzene rings is 1. The number of ketones is 1. The number of aromatic nitrogens is 1. The molecule has 0 aliphatic carbocycles. The van der Waals surface area contributed by atoms with Gasteiger partial charge in [0.1, 0.15) is 10.5 Å². The first kappa shape index (κ1) is 17.3. The molecule has 0 aliphatic heterocycles. The van der Waals surface area contributed by atoms with E-state index in [1.165, 1.54) is 23.5 Å². The summed E-state index contributed by atoms with van der Waals surface area (Å²) in [5, 5.41) is 2.93. The Bertz CT molecular complexity index is 1010. The van der Waals surface area contributed by atoms with Gasteiger partial charge in [-0.25, -0.2) is 4.39 Å². The first-order valence-electron chi connectivity index (χ1n) is 7.40. The normalized spacial score (nSPS) is 10.6. The molecule has 0 radical (unpaired) electrons. The second kappa shape index (κ2) is 7.16. The van der Waals surface area contributed by atoms with Gasteiger partial charge in [-0.05, 0) is 41.1 Å². The van der Waals surface area contributed by atoms with E-state index < -0.39 is 0 Å². The lowest BCUT2D eigenvalue weighted by atomic mass is 10.1. The molecule has 3 rings (SSSR count). The Kier molecular flexibility index (Phi) is 4.96. The van der Waals surface area contributed by atoms with Gasteiger partial charge in [-0.3, -0.25) is 4.79 Å². The zero-order valence-corrected chi connectivity index (χ0v) is 14.9. The summed E-state index contributed by atoms with van der Waals surface area (Å²) in [6.45, 7) is 0. The third-order valence-electron chi connectivity index (χ3n) is 3.76. The predicted octanol–water partition coefficient (Wildman–Crippen LogP) is 5.17. The maximum atomic E-state index is 13.0. The van der Waals surface area contributed by atoms with Crippen molar-refractivity contribution >= 4 is 35.0 Å². The number of hydrogen-bond donors (Lipinski definition) is 0. The van der Waals surface area contributed by atoms with Crippen molar-refractivity contribution in [1.82, 2.24) is 4.57 Å². The molecule has 126 valence electrons. The average Bonchev–Trinajstić information content (AvgIpc) is 3.07. The molecule has 0 N–H and O–H groups in total. The van der Waals surface area contributed by atoms with Crippen LogP contribution in [0.4, 0.5) is 10.1 Å². The van der Waals surface area contributed by atoms with E-state index in [0.29, 0.717) is 11.3 Å². The van der Waals surface area contributed by atoms with Crippen molar-refractivity contribution in [2.75, 3.05) is 0 Å². The molecule has 2 heterocycles. The van der Waals surface area contributed by atoms with Crippen LogP contribution in [-0.2, 0) is 13.5 Å². The number of rotatable bonds is 5. The predicted molar refractivity (Wildman–Crippen MR) is 98.7 cm³/mol. The first-order chi connectivity index (χ1) is 12.0. The van der Waals surface area contributed by atoms with E-state index in [9.17, 15) is 14.1 Å². The van der Waals surface area contributed by atoms with E-state index >= 15 is 0 Å². The molecular formula is C18H13FN2O2S2. The summed E-state index contributed by atoms with van der Waals surface area (Å²) in [5.74, 6) is -0.562. The number of hydrogen-bond acceptors (Lipinski definition) is 5. The van der Waals surface area contributed by atoms with E-state index in [0.717, 1.165) is 10.4 Å². The van der Waals surface area contributed by atoms with E-state index in [1.807, 2.05) is 6.07 Å². The second-order valence-electron chi connectivity index (χ2n) is 5.48. The van der Waals surface area contributed by atoms with Crippen molar-refractivity contribution in [1.29, 1.82) is 0 Å². The fourth-order valence-electron chi connectivity index (χ4n) is 2.42. The van der Waals surface area contributed by atoms with Crippen LogP contribution >= 0.6 is 23.6 Å². The van der Waals surface area contributed by atoms with Gasteiger partial charge in [-0.1, -0.05) is 24.4 Å². The van der Waals surface area contributed by atoms with Crippen LogP contribution in [0.3, 0.4) is 0 Å². The molecule has 7 heteroatoms. The summed E-state index contributed by atoms with van der Waals surface area (Å²) < 4.78 is 14.8. The van der Waals surface area contributed by atoms with Crippen molar-refractivity contribution in [2.45, 2.75) is 6.42 Å². The zero-order valence-electron chi connectivity index (χ0n) is 13.2. The Morgan fingerprint density at radius 2 is 1.92 bits per heavy atom. The summed E-state index contributed by atoms with van der Waals surface area (Å²) in [5.41, 5.74) is 1.14. The maximum Gasteiger partial charge on any atom is 0.205 e. The largest absolute Gasteiger partial charge is 0.340 e. The molecule has 0 amide bonds. The minimum Gasteiger partial charge on any atom is -0.340 e. The highest BCUT2D eigenvalue weighted by Gasteiger charge is 2.18. The van der Waals surface area contributed by atoms with Crippen LogP contribution in [0.25, 0.3) is 0 Å². The minimum absolute atomic E-state index is 0.0153. The topological polar surface area (TPSA) is 51.4 Å². The van der Waals surface area contributed by atoms with Crippen LogP contribution in [0.5, 0.6) is 0 Å². The van der Waals surface area contributed by atoms with Gasteiger partial charge in [0.2, 0.25) is 5.78 Å². The Labute approximate surface area is 152 Å². The molecule has 0 saturated carbocycles. The molecule has 3 aromatic rings. The molecule has 2 aromatic heterocycles. The molecule has 0 aliphatic rings. The second-order valence-corrected chi connectivity index (χ2v) is 7.04. The summed E-state index contributed by atoms with van der Waals surface area (Å²) >= 11 is 6.48. The number of pyridine rings is 1. The summed E-state index contributed by atoms with van der Waals surface area (Å²) in [6.07, 6.45) is 2.24. The summed E-state index contributed by atoms with van der Waals surface area (Å²) in [6, 6.07) is 11.4. The zero-order chi connectivity index (χ0) is 18.0. The van der Waals surface area contributed by atoms with Crippen LogP contribution in [-0.4, -0.2) is 10.4 Å². The van der Waals surface area contributed by atoms with Gasteiger partial charge in [0.25, 0.3) is 0 Å². The number of nitrogens with zero attached hydrogens (tertiary/aromatic N) is 2.